The molecule has 316 valence electrons. The van der Waals surface area contributed by atoms with Crippen molar-refractivity contribution in [2.24, 2.45) is 0 Å². The van der Waals surface area contributed by atoms with Gasteiger partial charge in [-0.1, -0.05) is 12.6 Å². The van der Waals surface area contributed by atoms with Gasteiger partial charge in [0.1, 0.15) is 12.7 Å². The van der Waals surface area contributed by atoms with Crippen molar-refractivity contribution < 1.29 is 103 Å². The van der Waals surface area contributed by atoms with Crippen molar-refractivity contribution in [3.8, 4) is 0 Å². The summed E-state index contributed by atoms with van der Waals surface area (Å²) in [5, 5.41) is -3.01. The van der Waals surface area contributed by atoms with Crippen LogP contribution in [0.3, 0.4) is 0 Å². The molecule has 0 bridgehead atoms. The monoisotopic (exact) mass is 853 g/mol. The van der Waals surface area contributed by atoms with Crippen molar-refractivity contribution in [2.45, 2.75) is 80.8 Å². The van der Waals surface area contributed by atoms with Crippen LogP contribution in [0.15, 0.2) is 30.4 Å². The number of esters is 1. The SMILES string of the molecule is C=C(C)C(=O)OCC(C)OC(=O)Nc1cc(NC(=O)OCCCCN(C)S(=O)(=O)C(F)(F)C(F)(F)C(F)(F)C(F)(F)C(F)(F)C(F)(F)C(F)(F)F)ccc1C. The van der Waals surface area contributed by atoms with E-state index >= 15 is 0 Å². The van der Waals surface area contributed by atoms with Gasteiger partial charge in [-0.15, -0.1) is 0 Å². The maximum atomic E-state index is 14.3. The third-order valence-corrected chi connectivity index (χ3v) is 8.87. The van der Waals surface area contributed by atoms with Gasteiger partial charge < -0.3 is 14.2 Å². The quantitative estimate of drug-likeness (QED) is 0.0499. The largest absolute Gasteiger partial charge is 0.460 e. The van der Waals surface area contributed by atoms with E-state index in [-0.39, 0.29) is 30.6 Å². The van der Waals surface area contributed by atoms with Gasteiger partial charge in [0.25, 0.3) is 10.0 Å². The molecule has 0 aromatic heterocycles. The zero-order valence-corrected chi connectivity index (χ0v) is 29.2. The lowest BCUT2D eigenvalue weighted by molar-refractivity contribution is -0.447. The zero-order chi connectivity index (χ0) is 43.4. The molecule has 1 atom stereocenters. The van der Waals surface area contributed by atoms with Gasteiger partial charge >= 0.3 is 59.2 Å². The molecule has 1 unspecified atom stereocenters. The summed E-state index contributed by atoms with van der Waals surface area (Å²) in [6.45, 7) is 5.29. The molecule has 0 heterocycles. The molecule has 0 aliphatic carbocycles. The number of aryl methyl sites for hydroxylation is 1. The van der Waals surface area contributed by atoms with Gasteiger partial charge in [-0.2, -0.15) is 70.2 Å². The van der Waals surface area contributed by atoms with E-state index in [9.17, 15) is 88.7 Å². The molecule has 0 fully saturated rings. The first kappa shape index (κ1) is 48.8. The summed E-state index contributed by atoms with van der Waals surface area (Å²) in [4.78, 5) is 35.8. The highest BCUT2D eigenvalue weighted by atomic mass is 32.2. The minimum absolute atomic E-state index is 0.0226. The number of hydrogen-bond donors (Lipinski definition) is 2. The van der Waals surface area contributed by atoms with Crippen LogP contribution >= 0.6 is 0 Å². The highest BCUT2D eigenvalue weighted by molar-refractivity contribution is 7.90. The Bertz CT molecular complexity index is 1690. The van der Waals surface area contributed by atoms with Crippen LogP contribution in [0.25, 0.3) is 0 Å². The Morgan fingerprint density at radius 2 is 1.29 bits per heavy atom. The van der Waals surface area contributed by atoms with Crippen LogP contribution in [0, 0.1) is 6.92 Å². The minimum atomic E-state index is -8.65. The number of ether oxygens (including phenoxy) is 3. The maximum Gasteiger partial charge on any atom is 0.460 e. The Labute approximate surface area is 301 Å². The Morgan fingerprint density at radius 1 is 0.782 bits per heavy atom. The Balaban J connectivity index is 2.88. The lowest BCUT2D eigenvalue weighted by Crippen LogP contribution is -2.73. The standard InChI is InChI=1S/C28H30F15N3O8S/c1-14(2)19(47)53-13-16(4)54-21(49)45-18-12-17(9-8-15(18)3)44-20(48)52-11-7-6-10-46(5)55(50,51)28(42,43)26(37,38)24(33,34)22(29,30)23(31,32)25(35,36)27(39,40)41/h8-9,12,16H,1,6-7,10-11,13H2,2-5H3,(H,44,48)(H,45,49). The summed E-state index contributed by atoms with van der Waals surface area (Å²) in [6.07, 6.45) is -12.3. The fourth-order valence-corrected chi connectivity index (χ4v) is 4.91. The Morgan fingerprint density at radius 3 is 1.80 bits per heavy atom. The normalized spacial score (nSPS) is 14.3. The Kier molecular flexibility index (Phi) is 15.0. The van der Waals surface area contributed by atoms with E-state index in [1.807, 2.05) is 0 Å². The lowest BCUT2D eigenvalue weighted by Gasteiger charge is -2.41. The second kappa shape index (κ2) is 16.9. The molecule has 1 aromatic rings. The molecule has 0 saturated heterocycles. The minimum Gasteiger partial charge on any atom is -0.458 e. The molecular weight excluding hydrogens is 823 g/mol. The highest BCUT2D eigenvalue weighted by Gasteiger charge is 2.94. The molecule has 0 saturated carbocycles. The Hall–Kier alpha value is -4.17. The third-order valence-electron chi connectivity index (χ3n) is 6.96. The molecule has 0 radical (unpaired) electrons. The van der Waals surface area contributed by atoms with Crippen LogP contribution in [-0.2, 0) is 29.0 Å². The number of amides is 2. The molecule has 0 aliphatic heterocycles. The molecule has 1 rings (SSSR count). The van der Waals surface area contributed by atoms with E-state index < -0.39 is 106 Å². The summed E-state index contributed by atoms with van der Waals surface area (Å²) < 4.78 is 240. The number of benzene rings is 1. The number of carbonyl (C=O) groups excluding carboxylic acids is 3. The number of rotatable bonds is 18. The van der Waals surface area contributed by atoms with E-state index in [4.69, 9.17) is 14.2 Å². The molecule has 27 heteroatoms. The van der Waals surface area contributed by atoms with Crippen LogP contribution in [0.1, 0.15) is 32.3 Å². The summed E-state index contributed by atoms with van der Waals surface area (Å²) in [5.74, 6) is -43.0. The van der Waals surface area contributed by atoms with Gasteiger partial charge in [0, 0.05) is 30.5 Å². The first-order valence-electron chi connectivity index (χ1n) is 14.7. The number of nitrogens with zero attached hydrogens (tertiary/aromatic N) is 1. The highest BCUT2D eigenvalue weighted by Crippen LogP contribution is 2.63. The smallest absolute Gasteiger partial charge is 0.458 e. The molecule has 55 heavy (non-hydrogen) atoms. The number of nitrogens with one attached hydrogen (secondary N) is 2. The van der Waals surface area contributed by atoms with Crippen LogP contribution in [0.2, 0.25) is 0 Å². The number of hydrogen-bond acceptors (Lipinski definition) is 8. The predicted molar refractivity (Wildman–Crippen MR) is 158 cm³/mol. The average Bonchev–Trinajstić information content (AvgIpc) is 3.03. The summed E-state index contributed by atoms with van der Waals surface area (Å²) >= 11 is 0. The van der Waals surface area contributed by atoms with Crippen LogP contribution in [0.4, 0.5) is 86.8 Å². The second-order valence-electron chi connectivity index (χ2n) is 11.4. The zero-order valence-electron chi connectivity index (χ0n) is 28.3. The molecule has 11 nitrogen and oxygen atoms in total. The summed E-state index contributed by atoms with van der Waals surface area (Å²) in [7, 11) is -7.36. The summed E-state index contributed by atoms with van der Waals surface area (Å²) in [6, 6.07) is 3.92. The molecule has 0 aliphatic rings. The topological polar surface area (TPSA) is 140 Å². The van der Waals surface area contributed by atoms with Crippen molar-refractivity contribution in [1.82, 2.24) is 4.31 Å². The number of alkyl halides is 15. The molecule has 2 N–H and O–H groups in total. The van der Waals surface area contributed by atoms with Gasteiger partial charge in [-0.3, -0.25) is 10.6 Å². The summed E-state index contributed by atoms with van der Waals surface area (Å²) in [5.41, 5.74) is 0.611. The van der Waals surface area contributed by atoms with Crippen molar-refractivity contribution >= 4 is 39.6 Å². The van der Waals surface area contributed by atoms with Crippen LogP contribution in [-0.4, -0.2) is 105 Å². The average molecular weight is 854 g/mol. The molecule has 0 spiro atoms. The second-order valence-corrected chi connectivity index (χ2v) is 13.5. The van der Waals surface area contributed by atoms with Crippen molar-refractivity contribution in [3.63, 3.8) is 0 Å². The first-order valence-corrected chi connectivity index (χ1v) is 16.1. The van der Waals surface area contributed by atoms with Gasteiger partial charge in [-0.05, 0) is 51.3 Å². The van der Waals surface area contributed by atoms with Crippen LogP contribution < -0.4 is 10.6 Å². The molecule has 2 amide bonds. The maximum absolute atomic E-state index is 14.3. The van der Waals surface area contributed by atoms with E-state index in [0.717, 1.165) is 0 Å². The van der Waals surface area contributed by atoms with E-state index in [2.05, 4.69) is 17.2 Å². The first-order chi connectivity index (χ1) is 24.5. The van der Waals surface area contributed by atoms with Gasteiger partial charge in [0.05, 0.1) is 6.61 Å². The van der Waals surface area contributed by atoms with E-state index in [0.29, 0.717) is 5.56 Å². The van der Waals surface area contributed by atoms with Gasteiger partial charge in [0.2, 0.25) is 0 Å². The fourth-order valence-electron chi connectivity index (χ4n) is 3.69. The number of unbranched alkanes of at least 4 members (excludes halogenated alkanes) is 1. The van der Waals surface area contributed by atoms with Crippen molar-refractivity contribution in [2.75, 3.05) is 37.4 Å². The van der Waals surface area contributed by atoms with Crippen LogP contribution in [0.5, 0.6) is 0 Å². The fraction of sp³-hybridized carbons (Fsp3) is 0.607. The number of carbonyl (C=O) groups is 3. The number of anilines is 2. The number of sulfonamides is 1. The van der Waals surface area contributed by atoms with Gasteiger partial charge in [-0.25, -0.2) is 22.8 Å². The van der Waals surface area contributed by atoms with E-state index in [1.54, 1.807) is 0 Å². The predicted octanol–water partition coefficient (Wildman–Crippen LogP) is 7.97. The number of halogens is 15. The third kappa shape index (κ3) is 9.99. The van der Waals surface area contributed by atoms with Crippen molar-refractivity contribution in [1.29, 1.82) is 0 Å². The molecular formula is C28H30F15N3O8S. The molecule has 1 aromatic carbocycles. The van der Waals surface area contributed by atoms with E-state index in [1.165, 1.54) is 39.0 Å². The van der Waals surface area contributed by atoms with Crippen molar-refractivity contribution in [3.05, 3.63) is 35.9 Å². The lowest BCUT2D eigenvalue weighted by atomic mass is 9.94. The van der Waals surface area contributed by atoms with Gasteiger partial charge in [0.15, 0.2) is 0 Å².